The van der Waals surface area contributed by atoms with E-state index in [0.29, 0.717) is 11.5 Å². The fourth-order valence-electron chi connectivity index (χ4n) is 4.73. The lowest BCUT2D eigenvalue weighted by Crippen LogP contribution is -2.21. The van der Waals surface area contributed by atoms with E-state index in [0.717, 1.165) is 59.1 Å². The Balaban J connectivity index is 1.76. The van der Waals surface area contributed by atoms with Crippen molar-refractivity contribution in [3.63, 3.8) is 0 Å². The fourth-order valence-corrected chi connectivity index (χ4v) is 4.73. The Morgan fingerprint density at radius 3 is 1.44 bits per heavy atom. The lowest BCUT2D eigenvalue weighted by atomic mass is 9.84. The van der Waals surface area contributed by atoms with Crippen LogP contribution in [0, 0.1) is 13.8 Å². The minimum Gasteiger partial charge on any atom is -0.507 e. The van der Waals surface area contributed by atoms with Crippen molar-refractivity contribution in [2.24, 2.45) is 9.98 Å². The van der Waals surface area contributed by atoms with Crippen LogP contribution in [0.5, 0.6) is 11.5 Å². The van der Waals surface area contributed by atoms with Gasteiger partial charge in [0.2, 0.25) is 0 Å². The first-order valence-electron chi connectivity index (χ1n) is 12.5. The highest BCUT2D eigenvalue weighted by molar-refractivity contribution is 5.85. The van der Waals surface area contributed by atoms with Crippen LogP contribution in [-0.2, 0) is 10.8 Å². The molecule has 2 unspecified atom stereocenters. The number of phenolic OH excluding ortho intramolecular Hbond substituents is 2. The molecule has 3 rings (SSSR count). The lowest BCUT2D eigenvalue weighted by molar-refractivity contribution is 0.397. The van der Waals surface area contributed by atoms with Gasteiger partial charge in [-0.15, -0.1) is 0 Å². The maximum Gasteiger partial charge on any atom is 0.128 e. The summed E-state index contributed by atoms with van der Waals surface area (Å²) < 4.78 is 0. The van der Waals surface area contributed by atoms with Crippen LogP contribution in [0.4, 0.5) is 0 Å². The van der Waals surface area contributed by atoms with Crippen LogP contribution in [0.3, 0.4) is 0 Å². The minimum absolute atomic E-state index is 0.127. The highest BCUT2D eigenvalue weighted by Crippen LogP contribution is 2.35. The second kappa shape index (κ2) is 9.93. The van der Waals surface area contributed by atoms with Gasteiger partial charge in [0.05, 0.1) is 12.1 Å². The van der Waals surface area contributed by atoms with Gasteiger partial charge in [-0.05, 0) is 73.6 Å². The Morgan fingerprint density at radius 2 is 1.09 bits per heavy atom. The van der Waals surface area contributed by atoms with Crippen molar-refractivity contribution in [2.45, 2.75) is 104 Å². The van der Waals surface area contributed by atoms with Crippen molar-refractivity contribution in [1.29, 1.82) is 0 Å². The van der Waals surface area contributed by atoms with Crippen molar-refractivity contribution < 1.29 is 10.2 Å². The second-order valence-electron chi connectivity index (χ2n) is 12.0. The molecule has 0 heterocycles. The van der Waals surface area contributed by atoms with Crippen LogP contribution in [0.1, 0.15) is 101 Å². The van der Waals surface area contributed by atoms with Crippen molar-refractivity contribution in [1.82, 2.24) is 0 Å². The van der Waals surface area contributed by atoms with Gasteiger partial charge in [-0.2, -0.15) is 0 Å². The summed E-state index contributed by atoms with van der Waals surface area (Å²) in [6.45, 7) is 16.8. The van der Waals surface area contributed by atoms with Crippen molar-refractivity contribution in [2.75, 3.05) is 0 Å². The van der Waals surface area contributed by atoms with Gasteiger partial charge >= 0.3 is 0 Å². The fraction of sp³-hybridized carbons (Fsp3) is 0.533. The molecule has 1 saturated carbocycles. The maximum atomic E-state index is 10.8. The van der Waals surface area contributed by atoms with Gasteiger partial charge in [0.15, 0.2) is 0 Å². The average molecular weight is 463 g/mol. The molecular weight excluding hydrogens is 420 g/mol. The smallest absolute Gasteiger partial charge is 0.128 e. The third-order valence-electron chi connectivity index (χ3n) is 6.65. The molecule has 0 radical (unpaired) electrons. The summed E-state index contributed by atoms with van der Waals surface area (Å²) in [7, 11) is 0. The van der Waals surface area contributed by atoms with Crippen LogP contribution in [-0.4, -0.2) is 34.7 Å². The first-order chi connectivity index (χ1) is 15.8. The highest BCUT2D eigenvalue weighted by Gasteiger charge is 2.23. The number of hydrogen-bond acceptors (Lipinski definition) is 4. The number of benzene rings is 2. The van der Waals surface area contributed by atoms with Crippen LogP contribution >= 0.6 is 0 Å². The summed E-state index contributed by atoms with van der Waals surface area (Å²) in [5, 5.41) is 21.7. The SMILES string of the molecule is Cc1cc(C=NC2CCCC(N=Cc3cc(C)cc(C(C)(C)C)c3O)C2)c(O)c(C(C)(C)C)c1. The predicted molar refractivity (Wildman–Crippen MR) is 144 cm³/mol. The van der Waals surface area contributed by atoms with Crippen molar-refractivity contribution in [3.05, 3.63) is 57.6 Å². The predicted octanol–water partition coefficient (Wildman–Crippen LogP) is 7.16. The molecule has 0 saturated heterocycles. The van der Waals surface area contributed by atoms with Gasteiger partial charge in [0.1, 0.15) is 11.5 Å². The molecular formula is C30H42N2O2. The molecule has 0 bridgehead atoms. The van der Waals surface area contributed by atoms with Crippen molar-refractivity contribution >= 4 is 12.4 Å². The average Bonchev–Trinajstić information content (AvgIpc) is 2.73. The lowest BCUT2D eigenvalue weighted by Gasteiger charge is -2.25. The Morgan fingerprint density at radius 1 is 0.706 bits per heavy atom. The van der Waals surface area contributed by atoms with Crippen LogP contribution in [0.2, 0.25) is 0 Å². The van der Waals surface area contributed by atoms with Gasteiger partial charge in [-0.25, -0.2) is 0 Å². The number of rotatable bonds is 4. The standard InChI is InChI=1S/C30H42N2O2/c1-19-12-21(27(33)25(14-19)29(3,4)5)17-31-23-10-9-11-24(16-23)32-18-22-13-20(2)15-26(28(22)34)30(6,7)8/h12-15,17-18,23-24,33-34H,9-11,16H2,1-8H3. The van der Waals surface area contributed by atoms with E-state index in [1.54, 1.807) is 0 Å². The molecule has 0 spiro atoms. The van der Waals surface area contributed by atoms with Gasteiger partial charge in [-0.3, -0.25) is 9.98 Å². The third kappa shape index (κ3) is 6.28. The Kier molecular flexibility index (Phi) is 7.59. The molecule has 0 aromatic heterocycles. The number of phenols is 2. The van der Waals surface area contributed by atoms with Gasteiger partial charge < -0.3 is 10.2 Å². The minimum atomic E-state index is -0.127. The quantitative estimate of drug-likeness (QED) is 0.473. The molecule has 184 valence electrons. The monoisotopic (exact) mass is 462 g/mol. The van der Waals surface area contributed by atoms with E-state index < -0.39 is 0 Å². The number of aliphatic imine (C=N–C) groups is 2. The Bertz CT molecular complexity index is 999. The van der Waals surface area contributed by atoms with Gasteiger partial charge in [0, 0.05) is 34.7 Å². The number of hydrogen-bond donors (Lipinski definition) is 2. The van der Waals surface area contributed by atoms with E-state index in [4.69, 9.17) is 9.98 Å². The van der Waals surface area contributed by atoms with E-state index in [2.05, 4.69) is 67.5 Å². The van der Waals surface area contributed by atoms with Gasteiger partial charge in [-0.1, -0.05) is 53.7 Å². The summed E-state index contributed by atoms with van der Waals surface area (Å²) in [5.41, 5.74) is 5.48. The van der Waals surface area contributed by atoms with Crippen LogP contribution < -0.4 is 0 Å². The normalized spacial score (nSPS) is 19.9. The van der Waals surface area contributed by atoms with E-state index in [1.807, 2.05) is 24.6 Å². The summed E-state index contributed by atoms with van der Waals surface area (Å²) in [6, 6.07) is 8.49. The zero-order valence-corrected chi connectivity index (χ0v) is 22.2. The zero-order chi connectivity index (χ0) is 25.3. The zero-order valence-electron chi connectivity index (χ0n) is 22.2. The molecule has 2 aromatic carbocycles. The molecule has 1 aliphatic carbocycles. The van der Waals surface area contributed by atoms with E-state index >= 15 is 0 Å². The molecule has 1 aliphatic rings. The third-order valence-corrected chi connectivity index (χ3v) is 6.65. The van der Waals surface area contributed by atoms with Crippen LogP contribution in [0.15, 0.2) is 34.3 Å². The summed E-state index contributed by atoms with van der Waals surface area (Å²) in [5.74, 6) is 0.661. The molecule has 4 heteroatoms. The number of nitrogens with zero attached hydrogens (tertiary/aromatic N) is 2. The van der Waals surface area contributed by atoms with Crippen LogP contribution in [0.25, 0.3) is 0 Å². The Hall–Kier alpha value is -2.62. The molecule has 2 N–H and O–H groups in total. The Labute approximate surface area is 205 Å². The molecule has 34 heavy (non-hydrogen) atoms. The molecule has 2 aromatic rings. The molecule has 4 nitrogen and oxygen atoms in total. The molecule has 2 atom stereocenters. The topological polar surface area (TPSA) is 65.2 Å². The molecule has 0 amide bonds. The van der Waals surface area contributed by atoms with E-state index in [9.17, 15) is 10.2 Å². The maximum absolute atomic E-state index is 10.8. The molecule has 0 aliphatic heterocycles. The first-order valence-corrected chi connectivity index (χ1v) is 12.5. The molecule has 1 fully saturated rings. The first kappa shape index (κ1) is 26.0. The summed E-state index contributed by atoms with van der Waals surface area (Å²) in [4.78, 5) is 9.71. The number of aryl methyl sites for hydroxylation is 2. The van der Waals surface area contributed by atoms with Gasteiger partial charge in [0.25, 0.3) is 0 Å². The van der Waals surface area contributed by atoms with E-state index in [-0.39, 0.29) is 22.9 Å². The second-order valence-corrected chi connectivity index (χ2v) is 12.0. The van der Waals surface area contributed by atoms with E-state index in [1.165, 1.54) is 0 Å². The van der Waals surface area contributed by atoms with Crippen molar-refractivity contribution in [3.8, 4) is 11.5 Å². The largest absolute Gasteiger partial charge is 0.507 e. The summed E-state index contributed by atoms with van der Waals surface area (Å²) >= 11 is 0. The number of aromatic hydroxyl groups is 2. The summed E-state index contributed by atoms with van der Waals surface area (Å²) in [6.07, 6.45) is 7.71. The highest BCUT2D eigenvalue weighted by atomic mass is 16.3.